The molecule has 2 unspecified atom stereocenters. The molecule has 1 rings (SSSR count). The van der Waals surface area contributed by atoms with Crippen LogP contribution in [0.25, 0.3) is 0 Å². The molecule has 2 atom stereocenters. The topological polar surface area (TPSA) is 43.4 Å². The Hall–Kier alpha value is -1.23. The van der Waals surface area contributed by atoms with Gasteiger partial charge in [0.05, 0.1) is 29.2 Å². The van der Waals surface area contributed by atoms with E-state index in [0.29, 0.717) is 0 Å². The van der Waals surface area contributed by atoms with Crippen molar-refractivity contribution in [2.24, 2.45) is 0 Å². The lowest BCUT2D eigenvalue weighted by Gasteiger charge is -2.10. The van der Waals surface area contributed by atoms with E-state index < -0.39 is 27.8 Å². The first-order valence-electron chi connectivity index (χ1n) is 4.78. The molecule has 0 amide bonds. The maximum atomic E-state index is 13.3. The monoisotopic (exact) mass is 244 g/mol. The minimum absolute atomic E-state index is 0.0114. The molecule has 0 fully saturated rings. The van der Waals surface area contributed by atoms with Crippen LogP contribution in [0.15, 0.2) is 29.2 Å². The molecule has 0 bridgehead atoms. The Bertz CT molecular complexity index is 406. The average molecular weight is 244 g/mol. The number of carbonyl (C=O) groups is 1. The highest BCUT2D eigenvalue weighted by Crippen LogP contribution is 2.17. The summed E-state index contributed by atoms with van der Waals surface area (Å²) >= 11 is 0. The van der Waals surface area contributed by atoms with Crippen molar-refractivity contribution < 1.29 is 18.1 Å². The van der Waals surface area contributed by atoms with Crippen molar-refractivity contribution in [1.82, 2.24) is 0 Å². The number of halogens is 1. The van der Waals surface area contributed by atoms with Crippen LogP contribution >= 0.6 is 0 Å². The lowest BCUT2D eigenvalue weighted by atomic mass is 10.3. The number of benzene rings is 1. The summed E-state index contributed by atoms with van der Waals surface area (Å²) in [6.45, 7) is 1.62. The van der Waals surface area contributed by atoms with E-state index in [4.69, 9.17) is 0 Å². The second-order valence-corrected chi connectivity index (χ2v) is 5.16. The third kappa shape index (κ3) is 3.13. The molecule has 5 heteroatoms. The highest BCUT2D eigenvalue weighted by Gasteiger charge is 2.19. The van der Waals surface area contributed by atoms with Gasteiger partial charge in [0, 0.05) is 5.25 Å². The molecule has 3 nitrogen and oxygen atoms in total. The molecule has 0 aromatic heterocycles. The predicted octanol–water partition coefficient (Wildman–Crippen LogP) is 1.88. The van der Waals surface area contributed by atoms with Crippen molar-refractivity contribution in [2.45, 2.75) is 23.5 Å². The molecule has 0 aliphatic carbocycles. The molecule has 0 N–H and O–H groups in total. The predicted molar refractivity (Wildman–Crippen MR) is 58.9 cm³/mol. The number of ether oxygens (including phenoxy) is 1. The number of carbonyl (C=O) groups excluding carboxylic acids is 1. The number of hydrogen-bond acceptors (Lipinski definition) is 3. The zero-order valence-electron chi connectivity index (χ0n) is 9.10. The van der Waals surface area contributed by atoms with E-state index >= 15 is 0 Å². The van der Waals surface area contributed by atoms with Crippen molar-refractivity contribution in [3.05, 3.63) is 30.1 Å². The van der Waals surface area contributed by atoms with E-state index in [9.17, 15) is 13.4 Å². The second-order valence-electron chi connectivity index (χ2n) is 3.32. The van der Waals surface area contributed by atoms with Crippen LogP contribution in [-0.2, 0) is 20.3 Å². The van der Waals surface area contributed by atoms with Gasteiger partial charge >= 0.3 is 5.97 Å². The molecule has 1 aromatic rings. The van der Waals surface area contributed by atoms with Crippen LogP contribution in [0.2, 0.25) is 0 Å². The van der Waals surface area contributed by atoms with E-state index in [2.05, 4.69) is 4.74 Å². The molecule has 1 aromatic carbocycles. The van der Waals surface area contributed by atoms with Crippen molar-refractivity contribution in [1.29, 1.82) is 0 Å². The normalized spacial score (nSPS) is 14.2. The van der Waals surface area contributed by atoms with Gasteiger partial charge in [-0.1, -0.05) is 12.1 Å². The molecule has 0 aliphatic heterocycles. The van der Waals surface area contributed by atoms with Gasteiger partial charge < -0.3 is 4.74 Å². The average Bonchev–Trinajstić information content (AvgIpc) is 2.28. The summed E-state index contributed by atoms with van der Waals surface area (Å²) in [4.78, 5) is 11.1. The molecule has 0 heterocycles. The maximum absolute atomic E-state index is 13.3. The first-order valence-corrected chi connectivity index (χ1v) is 5.99. The van der Waals surface area contributed by atoms with Crippen molar-refractivity contribution in [3.8, 4) is 0 Å². The SMILES string of the molecule is COC(=O)CC(C)S(=O)c1ccccc1F. The highest BCUT2D eigenvalue weighted by atomic mass is 32.2. The fourth-order valence-electron chi connectivity index (χ4n) is 1.22. The van der Waals surface area contributed by atoms with Crippen LogP contribution < -0.4 is 0 Å². The third-order valence-electron chi connectivity index (χ3n) is 2.10. The van der Waals surface area contributed by atoms with Gasteiger partial charge in [-0.05, 0) is 19.1 Å². The van der Waals surface area contributed by atoms with E-state index in [1.165, 1.54) is 25.3 Å². The minimum Gasteiger partial charge on any atom is -0.469 e. The number of hydrogen-bond donors (Lipinski definition) is 0. The van der Waals surface area contributed by atoms with Crippen LogP contribution in [0.5, 0.6) is 0 Å². The van der Waals surface area contributed by atoms with Gasteiger partial charge in [-0.15, -0.1) is 0 Å². The Kier molecular flexibility index (Phi) is 4.61. The summed E-state index contributed by atoms with van der Waals surface area (Å²) in [5.41, 5.74) is 0. The Morgan fingerprint density at radius 2 is 2.12 bits per heavy atom. The van der Waals surface area contributed by atoms with Gasteiger partial charge in [0.15, 0.2) is 0 Å². The quantitative estimate of drug-likeness (QED) is 0.760. The zero-order valence-corrected chi connectivity index (χ0v) is 9.92. The van der Waals surface area contributed by atoms with E-state index in [1.54, 1.807) is 13.0 Å². The Morgan fingerprint density at radius 3 is 2.69 bits per heavy atom. The number of rotatable bonds is 4. The summed E-state index contributed by atoms with van der Waals surface area (Å²) in [6.07, 6.45) is 0.0114. The fraction of sp³-hybridized carbons (Fsp3) is 0.364. The Labute approximate surface area is 96.1 Å². The molecule has 16 heavy (non-hydrogen) atoms. The Balaban J connectivity index is 2.79. The molecule has 88 valence electrons. The van der Waals surface area contributed by atoms with Gasteiger partial charge in [-0.2, -0.15) is 0 Å². The number of methoxy groups -OCH3 is 1. The zero-order chi connectivity index (χ0) is 12.1. The molecule has 0 saturated heterocycles. The highest BCUT2D eigenvalue weighted by molar-refractivity contribution is 7.85. The van der Waals surface area contributed by atoms with Gasteiger partial charge in [0.1, 0.15) is 5.82 Å². The molecular formula is C11H13FO3S. The van der Waals surface area contributed by atoms with Gasteiger partial charge in [-0.3, -0.25) is 9.00 Å². The lowest BCUT2D eigenvalue weighted by molar-refractivity contribution is -0.140. The molecule has 0 aliphatic rings. The maximum Gasteiger partial charge on any atom is 0.306 e. The largest absolute Gasteiger partial charge is 0.469 e. The molecule has 0 radical (unpaired) electrons. The molecular weight excluding hydrogens is 231 g/mol. The smallest absolute Gasteiger partial charge is 0.306 e. The van der Waals surface area contributed by atoms with E-state index in [0.717, 1.165) is 0 Å². The summed E-state index contributed by atoms with van der Waals surface area (Å²) in [5, 5.41) is -0.468. The first-order chi connectivity index (χ1) is 7.56. The third-order valence-corrected chi connectivity index (χ3v) is 3.76. The van der Waals surface area contributed by atoms with Gasteiger partial charge in [0.25, 0.3) is 0 Å². The summed E-state index contributed by atoms with van der Waals surface area (Å²) in [5.74, 6) is -0.963. The number of esters is 1. The van der Waals surface area contributed by atoms with Crippen molar-refractivity contribution in [3.63, 3.8) is 0 Å². The lowest BCUT2D eigenvalue weighted by Crippen LogP contribution is -2.17. The second kappa shape index (κ2) is 5.75. The molecule has 0 saturated carbocycles. The van der Waals surface area contributed by atoms with Crippen LogP contribution in [0.4, 0.5) is 4.39 Å². The fourth-order valence-corrected chi connectivity index (χ4v) is 2.41. The molecule has 0 spiro atoms. The van der Waals surface area contributed by atoms with E-state index in [-0.39, 0.29) is 11.3 Å². The van der Waals surface area contributed by atoms with Crippen molar-refractivity contribution in [2.75, 3.05) is 7.11 Å². The van der Waals surface area contributed by atoms with Crippen LogP contribution in [0.3, 0.4) is 0 Å². The van der Waals surface area contributed by atoms with Crippen LogP contribution in [0.1, 0.15) is 13.3 Å². The summed E-state index contributed by atoms with van der Waals surface area (Å²) in [7, 11) is -0.273. The minimum atomic E-state index is -1.54. The standard InChI is InChI=1S/C11H13FO3S/c1-8(7-11(13)15-2)16(14)10-6-4-3-5-9(10)12/h3-6,8H,7H2,1-2H3. The van der Waals surface area contributed by atoms with Crippen LogP contribution in [-0.4, -0.2) is 22.5 Å². The summed E-state index contributed by atoms with van der Waals surface area (Å²) in [6, 6.07) is 5.85. The van der Waals surface area contributed by atoms with Gasteiger partial charge in [0.2, 0.25) is 0 Å². The van der Waals surface area contributed by atoms with Gasteiger partial charge in [-0.25, -0.2) is 4.39 Å². The van der Waals surface area contributed by atoms with Crippen molar-refractivity contribution >= 4 is 16.8 Å². The Morgan fingerprint density at radius 1 is 1.50 bits per heavy atom. The summed E-state index contributed by atoms with van der Waals surface area (Å²) < 4.78 is 29.7. The van der Waals surface area contributed by atoms with Crippen LogP contribution in [0, 0.1) is 5.82 Å². The first kappa shape index (κ1) is 12.8. The van der Waals surface area contributed by atoms with E-state index in [1.807, 2.05) is 0 Å².